The molecule has 0 aromatic heterocycles. The van der Waals surface area contributed by atoms with Crippen molar-refractivity contribution in [1.82, 2.24) is 9.80 Å². The molecule has 0 saturated carbocycles. The van der Waals surface area contributed by atoms with Crippen LogP contribution in [0, 0.1) is 5.82 Å². The molecular weight excluding hydrogens is 557 g/mol. The first kappa shape index (κ1) is 33.6. The van der Waals surface area contributed by atoms with Gasteiger partial charge in [0.05, 0.1) is 13.7 Å². The summed E-state index contributed by atoms with van der Waals surface area (Å²) in [4.78, 5) is 54.9. The van der Waals surface area contributed by atoms with Crippen LogP contribution in [0.15, 0.2) is 42.5 Å². The summed E-state index contributed by atoms with van der Waals surface area (Å²) in [6, 6.07) is 12.6. The van der Waals surface area contributed by atoms with Crippen molar-refractivity contribution >= 4 is 47.1 Å². The third-order valence-corrected chi connectivity index (χ3v) is 5.68. The number of rotatable bonds is 6. The van der Waals surface area contributed by atoms with Crippen LogP contribution >= 0.6 is 11.6 Å². The van der Waals surface area contributed by atoms with Crippen molar-refractivity contribution in [3.05, 3.63) is 58.9 Å². The third-order valence-electron chi connectivity index (χ3n) is 5.33. The zero-order chi connectivity index (χ0) is 30.4. The van der Waals surface area contributed by atoms with Crippen molar-refractivity contribution in [2.45, 2.75) is 6.54 Å². The Morgan fingerprint density at radius 1 is 0.875 bits per heavy atom. The molecule has 13 nitrogen and oxygen atoms in total. The van der Waals surface area contributed by atoms with E-state index in [1.54, 1.807) is 31.2 Å². The van der Waals surface area contributed by atoms with Crippen LogP contribution in [0.4, 0.5) is 10.1 Å². The number of hydrogen-bond acceptors (Lipinski definition) is 8. The molecule has 0 atom stereocenters. The summed E-state index contributed by atoms with van der Waals surface area (Å²) in [5.74, 6) is -6.77. The molecule has 2 aromatic carbocycles. The fourth-order valence-electron chi connectivity index (χ4n) is 3.35. The standard InChI is InChI=1S/C21H25ClFN3O2.2C2H2O4/c1-24(14-18-19(22)4-3-5-20(18)23)15-21(27)26-12-10-25(11-13-26)16-6-8-17(28-2)9-7-16;2*3-1(4)2(5)6/h3-9H,10-15H2,1-2H3;2*(H,3,4)(H,5,6). The van der Waals surface area contributed by atoms with Crippen LogP contribution in [0.25, 0.3) is 0 Å². The summed E-state index contributed by atoms with van der Waals surface area (Å²) in [6.07, 6.45) is 0. The van der Waals surface area contributed by atoms with Gasteiger partial charge in [-0.1, -0.05) is 17.7 Å². The normalized spacial score (nSPS) is 12.3. The van der Waals surface area contributed by atoms with E-state index in [1.807, 2.05) is 29.2 Å². The van der Waals surface area contributed by atoms with Gasteiger partial charge in [-0.25, -0.2) is 23.6 Å². The quantitative estimate of drug-likeness (QED) is 0.359. The average molecular weight is 586 g/mol. The molecule has 1 amide bonds. The van der Waals surface area contributed by atoms with Crippen molar-refractivity contribution < 1.29 is 53.5 Å². The Balaban J connectivity index is 0.000000559. The number of aliphatic carboxylic acids is 4. The number of ether oxygens (including phenoxy) is 1. The van der Waals surface area contributed by atoms with Gasteiger partial charge in [0.1, 0.15) is 11.6 Å². The van der Waals surface area contributed by atoms with E-state index in [2.05, 4.69) is 4.90 Å². The van der Waals surface area contributed by atoms with Gasteiger partial charge < -0.3 is 35.0 Å². The number of carboxylic acid groups (broad SMARTS) is 4. The molecule has 0 bridgehead atoms. The van der Waals surface area contributed by atoms with E-state index in [-0.39, 0.29) is 18.3 Å². The Morgan fingerprint density at radius 2 is 1.38 bits per heavy atom. The zero-order valence-corrected chi connectivity index (χ0v) is 22.4. The van der Waals surface area contributed by atoms with E-state index >= 15 is 0 Å². The summed E-state index contributed by atoms with van der Waals surface area (Å²) in [6.45, 7) is 3.41. The first-order chi connectivity index (χ1) is 18.8. The number of hydrogen-bond donors (Lipinski definition) is 4. The Bertz CT molecular complexity index is 1120. The fourth-order valence-corrected chi connectivity index (χ4v) is 3.57. The van der Waals surface area contributed by atoms with E-state index in [4.69, 9.17) is 55.9 Å². The van der Waals surface area contributed by atoms with Gasteiger partial charge in [-0.15, -0.1) is 0 Å². The van der Waals surface area contributed by atoms with E-state index in [1.165, 1.54) is 6.07 Å². The summed E-state index contributed by atoms with van der Waals surface area (Å²) < 4.78 is 19.1. The molecule has 3 rings (SSSR count). The van der Waals surface area contributed by atoms with Gasteiger partial charge in [-0.05, 0) is 43.4 Å². The maximum atomic E-state index is 13.9. The molecule has 0 spiro atoms. The minimum atomic E-state index is -1.82. The number of nitrogens with zero attached hydrogens (tertiary/aromatic N) is 3. The summed E-state index contributed by atoms with van der Waals surface area (Å²) in [7, 11) is 3.45. The van der Waals surface area contributed by atoms with Crippen molar-refractivity contribution in [2.24, 2.45) is 0 Å². The number of halogens is 2. The maximum Gasteiger partial charge on any atom is 0.414 e. The molecule has 15 heteroatoms. The summed E-state index contributed by atoms with van der Waals surface area (Å²) >= 11 is 6.08. The number of benzene rings is 2. The molecule has 1 aliphatic rings. The molecule has 1 fully saturated rings. The van der Waals surface area contributed by atoms with Crippen LogP contribution in [-0.4, -0.2) is 107 Å². The lowest BCUT2D eigenvalue weighted by Crippen LogP contribution is -2.51. The molecule has 1 saturated heterocycles. The lowest BCUT2D eigenvalue weighted by Gasteiger charge is -2.36. The zero-order valence-electron chi connectivity index (χ0n) is 21.6. The van der Waals surface area contributed by atoms with Crippen LogP contribution in [0.3, 0.4) is 0 Å². The minimum Gasteiger partial charge on any atom is -0.497 e. The first-order valence-electron chi connectivity index (χ1n) is 11.5. The van der Waals surface area contributed by atoms with Gasteiger partial charge in [0.15, 0.2) is 0 Å². The molecule has 1 aliphatic heterocycles. The van der Waals surface area contributed by atoms with Crippen LogP contribution in [0.1, 0.15) is 5.56 Å². The molecule has 1 heterocycles. The number of anilines is 1. The van der Waals surface area contributed by atoms with Gasteiger partial charge in [-0.3, -0.25) is 9.69 Å². The van der Waals surface area contributed by atoms with E-state index in [9.17, 15) is 9.18 Å². The van der Waals surface area contributed by atoms with Crippen molar-refractivity contribution in [2.75, 3.05) is 51.8 Å². The molecule has 0 unspecified atom stereocenters. The highest BCUT2D eigenvalue weighted by molar-refractivity contribution is 6.31. The number of likely N-dealkylation sites (N-methyl/N-ethyl adjacent to an activating group) is 1. The predicted molar refractivity (Wildman–Crippen MR) is 140 cm³/mol. The van der Waals surface area contributed by atoms with Gasteiger partial charge in [0, 0.05) is 49.0 Å². The van der Waals surface area contributed by atoms with Gasteiger partial charge >= 0.3 is 23.9 Å². The highest BCUT2D eigenvalue weighted by Gasteiger charge is 2.22. The lowest BCUT2D eigenvalue weighted by atomic mass is 10.2. The fraction of sp³-hybridized carbons (Fsp3) is 0.320. The molecule has 4 N–H and O–H groups in total. The number of methoxy groups -OCH3 is 1. The van der Waals surface area contributed by atoms with Gasteiger partial charge in [0.2, 0.25) is 5.91 Å². The number of carbonyl (C=O) groups is 5. The second kappa shape index (κ2) is 16.5. The predicted octanol–water partition coefficient (Wildman–Crippen LogP) is 1.58. The lowest BCUT2D eigenvalue weighted by molar-refractivity contribution is -0.159. The Hall–Kier alpha value is -4.43. The van der Waals surface area contributed by atoms with Crippen LogP contribution in [0.5, 0.6) is 5.75 Å². The molecule has 40 heavy (non-hydrogen) atoms. The van der Waals surface area contributed by atoms with Gasteiger partial charge in [0.25, 0.3) is 0 Å². The van der Waals surface area contributed by atoms with E-state index in [0.717, 1.165) is 24.5 Å². The number of carboxylic acids is 4. The van der Waals surface area contributed by atoms with Crippen LogP contribution < -0.4 is 9.64 Å². The number of piperazine rings is 1. The monoisotopic (exact) mass is 585 g/mol. The molecule has 0 aliphatic carbocycles. The number of carbonyl (C=O) groups excluding carboxylic acids is 1. The third kappa shape index (κ3) is 11.5. The highest BCUT2D eigenvalue weighted by atomic mass is 35.5. The molecule has 218 valence electrons. The smallest absolute Gasteiger partial charge is 0.414 e. The van der Waals surface area contributed by atoms with E-state index < -0.39 is 23.9 Å². The average Bonchev–Trinajstić information content (AvgIpc) is 2.91. The second-order valence-electron chi connectivity index (χ2n) is 8.16. The largest absolute Gasteiger partial charge is 0.497 e. The minimum absolute atomic E-state index is 0.0457. The second-order valence-corrected chi connectivity index (χ2v) is 8.57. The Kier molecular flexibility index (Phi) is 13.9. The van der Waals surface area contributed by atoms with E-state index in [0.29, 0.717) is 30.2 Å². The van der Waals surface area contributed by atoms with Crippen molar-refractivity contribution in [3.8, 4) is 5.75 Å². The number of amides is 1. The topological polar surface area (TPSA) is 185 Å². The molecule has 0 radical (unpaired) electrons. The van der Waals surface area contributed by atoms with Gasteiger partial charge in [-0.2, -0.15) is 0 Å². The summed E-state index contributed by atoms with van der Waals surface area (Å²) in [5.41, 5.74) is 1.54. The van der Waals surface area contributed by atoms with Crippen LogP contribution in [-0.2, 0) is 30.5 Å². The first-order valence-corrected chi connectivity index (χ1v) is 11.8. The molecule has 2 aromatic rings. The maximum absolute atomic E-state index is 13.9. The molecular formula is C25H29ClFN3O10. The van der Waals surface area contributed by atoms with Crippen molar-refractivity contribution in [3.63, 3.8) is 0 Å². The highest BCUT2D eigenvalue weighted by Crippen LogP contribution is 2.22. The SMILES string of the molecule is COc1ccc(N2CCN(C(=O)CN(C)Cc3c(F)cccc3Cl)CC2)cc1.O=C(O)C(=O)O.O=C(O)C(=O)O. The Morgan fingerprint density at radius 3 is 1.80 bits per heavy atom. The van der Waals surface area contributed by atoms with Crippen molar-refractivity contribution in [1.29, 1.82) is 0 Å². The summed E-state index contributed by atoms with van der Waals surface area (Å²) in [5, 5.41) is 29.9. The van der Waals surface area contributed by atoms with Crippen LogP contribution in [0.2, 0.25) is 5.02 Å². The Labute approximate surface area is 233 Å².